The van der Waals surface area contributed by atoms with Crippen LogP contribution in [0.3, 0.4) is 0 Å². The van der Waals surface area contributed by atoms with Crippen LogP contribution >= 0.6 is 0 Å². The number of hydrogen-bond acceptors (Lipinski definition) is 5. The number of pyridine rings is 1. The molecule has 1 aliphatic heterocycles. The molecule has 2 amide bonds. The van der Waals surface area contributed by atoms with Crippen LogP contribution in [0.1, 0.15) is 23.6 Å². The highest BCUT2D eigenvalue weighted by atomic mass is 16.4. The summed E-state index contributed by atoms with van der Waals surface area (Å²) in [7, 11) is 0. The molecule has 7 nitrogen and oxygen atoms in total. The largest absolute Gasteiger partial charge is 0.440 e. The highest BCUT2D eigenvalue weighted by Crippen LogP contribution is 2.30. The van der Waals surface area contributed by atoms with Gasteiger partial charge >= 0.3 is 0 Å². The molecule has 0 bridgehead atoms. The number of hydrogen-bond donors (Lipinski definition) is 1. The van der Waals surface area contributed by atoms with E-state index in [-0.39, 0.29) is 24.8 Å². The van der Waals surface area contributed by atoms with E-state index >= 15 is 0 Å². The van der Waals surface area contributed by atoms with Crippen molar-refractivity contribution >= 4 is 23.3 Å². The zero-order valence-corrected chi connectivity index (χ0v) is 15.7. The van der Waals surface area contributed by atoms with Crippen LogP contribution in [0.4, 0.5) is 11.5 Å². The van der Waals surface area contributed by atoms with Crippen molar-refractivity contribution in [2.75, 3.05) is 16.8 Å². The first-order valence-corrected chi connectivity index (χ1v) is 9.10. The van der Waals surface area contributed by atoms with E-state index in [1.807, 2.05) is 44.2 Å². The van der Waals surface area contributed by atoms with Crippen molar-refractivity contribution in [2.45, 2.75) is 26.7 Å². The first kappa shape index (κ1) is 17.9. The monoisotopic (exact) mass is 376 g/mol. The molecule has 0 radical (unpaired) electrons. The molecule has 142 valence electrons. The summed E-state index contributed by atoms with van der Waals surface area (Å²) in [4.78, 5) is 34.9. The number of aryl methyl sites for hydroxylation is 3. The molecule has 0 spiro atoms. The molecule has 3 aromatic rings. The first-order valence-electron chi connectivity index (χ1n) is 9.10. The molecule has 3 heterocycles. The molecule has 0 saturated carbocycles. The van der Waals surface area contributed by atoms with E-state index in [9.17, 15) is 9.59 Å². The Kier molecular flexibility index (Phi) is 4.65. The van der Waals surface area contributed by atoms with Crippen LogP contribution in [0.15, 0.2) is 47.0 Å². The van der Waals surface area contributed by atoms with Crippen LogP contribution in [-0.4, -0.2) is 28.3 Å². The minimum absolute atomic E-state index is 0.0395. The van der Waals surface area contributed by atoms with Crippen molar-refractivity contribution in [1.29, 1.82) is 0 Å². The Morgan fingerprint density at radius 2 is 2.00 bits per heavy atom. The third kappa shape index (κ3) is 3.38. The second-order valence-electron chi connectivity index (χ2n) is 6.74. The van der Waals surface area contributed by atoms with Gasteiger partial charge in [-0.15, -0.1) is 0 Å². The van der Waals surface area contributed by atoms with Crippen LogP contribution in [0.5, 0.6) is 0 Å². The van der Waals surface area contributed by atoms with Gasteiger partial charge in [0.25, 0.3) is 0 Å². The predicted octanol–water partition coefficient (Wildman–Crippen LogP) is 3.27. The van der Waals surface area contributed by atoms with Crippen molar-refractivity contribution in [3.05, 3.63) is 59.7 Å². The molecular weight excluding hydrogens is 356 g/mol. The fraction of sp³-hybridized carbons (Fsp3) is 0.238. The summed E-state index contributed by atoms with van der Waals surface area (Å²) >= 11 is 0. The topological polar surface area (TPSA) is 88.3 Å². The van der Waals surface area contributed by atoms with E-state index in [1.165, 1.54) is 4.90 Å². The van der Waals surface area contributed by atoms with Gasteiger partial charge in [0.2, 0.25) is 11.8 Å². The molecule has 0 fully saturated rings. The molecule has 0 aliphatic carbocycles. The van der Waals surface area contributed by atoms with Gasteiger partial charge in [0, 0.05) is 24.6 Å². The Morgan fingerprint density at radius 1 is 1.21 bits per heavy atom. The Balaban J connectivity index is 1.50. The SMILES string of the molecule is Cc1ccnc2c1NC(=O)CN2C(=O)CCc1nc(C)c(-c2ccccc2)o1. The summed E-state index contributed by atoms with van der Waals surface area (Å²) in [6.45, 7) is 3.71. The molecule has 1 aliphatic rings. The van der Waals surface area contributed by atoms with Crippen LogP contribution in [0.25, 0.3) is 11.3 Å². The van der Waals surface area contributed by atoms with Gasteiger partial charge in [-0.05, 0) is 25.5 Å². The van der Waals surface area contributed by atoms with Crippen LogP contribution in [0.2, 0.25) is 0 Å². The van der Waals surface area contributed by atoms with Crippen molar-refractivity contribution < 1.29 is 14.0 Å². The maximum absolute atomic E-state index is 12.8. The van der Waals surface area contributed by atoms with E-state index in [1.54, 1.807) is 12.3 Å². The zero-order chi connectivity index (χ0) is 19.7. The normalized spacial score (nSPS) is 13.2. The average molecular weight is 376 g/mol. The van der Waals surface area contributed by atoms with E-state index in [2.05, 4.69) is 15.3 Å². The predicted molar refractivity (Wildman–Crippen MR) is 105 cm³/mol. The van der Waals surface area contributed by atoms with E-state index < -0.39 is 0 Å². The molecule has 7 heteroatoms. The van der Waals surface area contributed by atoms with Gasteiger partial charge in [0.15, 0.2) is 17.5 Å². The maximum Gasteiger partial charge on any atom is 0.244 e. The number of nitrogens with zero attached hydrogens (tertiary/aromatic N) is 3. The summed E-state index contributed by atoms with van der Waals surface area (Å²) in [6, 6.07) is 11.5. The van der Waals surface area contributed by atoms with Gasteiger partial charge in [-0.25, -0.2) is 9.97 Å². The van der Waals surface area contributed by atoms with Gasteiger partial charge in [-0.1, -0.05) is 30.3 Å². The smallest absolute Gasteiger partial charge is 0.244 e. The standard InChI is InChI=1S/C21H20N4O3/c1-13-10-11-22-21-19(13)24-16(26)12-25(21)18(27)9-8-17-23-14(2)20(28-17)15-6-4-3-5-7-15/h3-7,10-11H,8-9,12H2,1-2H3,(H,24,26). The van der Waals surface area contributed by atoms with Crippen LogP contribution in [-0.2, 0) is 16.0 Å². The quantitative estimate of drug-likeness (QED) is 0.755. The van der Waals surface area contributed by atoms with E-state index in [0.717, 1.165) is 16.8 Å². The summed E-state index contributed by atoms with van der Waals surface area (Å²) in [5.41, 5.74) is 3.19. The average Bonchev–Trinajstić information content (AvgIpc) is 3.07. The Hall–Kier alpha value is -3.48. The number of oxazole rings is 1. The highest BCUT2D eigenvalue weighted by Gasteiger charge is 2.29. The van der Waals surface area contributed by atoms with Gasteiger partial charge < -0.3 is 9.73 Å². The number of nitrogens with one attached hydrogen (secondary N) is 1. The van der Waals surface area contributed by atoms with Gasteiger partial charge in [0.05, 0.1) is 11.4 Å². The Labute approximate surface area is 162 Å². The minimum atomic E-state index is -0.227. The van der Waals surface area contributed by atoms with E-state index in [0.29, 0.717) is 29.6 Å². The number of amides is 2. The molecule has 2 aromatic heterocycles. The molecule has 0 unspecified atom stereocenters. The molecule has 0 saturated heterocycles. The molecule has 4 rings (SSSR count). The summed E-state index contributed by atoms with van der Waals surface area (Å²) in [5, 5.41) is 2.79. The fourth-order valence-electron chi connectivity index (χ4n) is 3.27. The first-order chi connectivity index (χ1) is 13.5. The molecule has 0 atom stereocenters. The van der Waals surface area contributed by atoms with Gasteiger partial charge in [-0.3, -0.25) is 14.5 Å². The number of anilines is 2. The third-order valence-electron chi connectivity index (χ3n) is 4.69. The van der Waals surface area contributed by atoms with E-state index in [4.69, 9.17) is 4.42 Å². The molecular formula is C21H20N4O3. The van der Waals surface area contributed by atoms with Crippen LogP contribution in [0, 0.1) is 13.8 Å². The third-order valence-corrected chi connectivity index (χ3v) is 4.69. The van der Waals surface area contributed by atoms with Crippen molar-refractivity contribution in [3.8, 4) is 11.3 Å². The van der Waals surface area contributed by atoms with Crippen molar-refractivity contribution in [2.24, 2.45) is 0 Å². The second kappa shape index (κ2) is 7.26. The lowest BCUT2D eigenvalue weighted by molar-refractivity contribution is -0.122. The number of carbonyl (C=O) groups is 2. The summed E-state index contributed by atoms with van der Waals surface area (Å²) in [6.07, 6.45) is 2.16. The van der Waals surface area contributed by atoms with Crippen molar-refractivity contribution in [3.63, 3.8) is 0 Å². The zero-order valence-electron chi connectivity index (χ0n) is 15.7. The second-order valence-corrected chi connectivity index (χ2v) is 6.74. The molecule has 1 N–H and O–H groups in total. The lowest BCUT2D eigenvalue weighted by Gasteiger charge is -2.28. The molecule has 28 heavy (non-hydrogen) atoms. The summed E-state index contributed by atoms with van der Waals surface area (Å²) in [5.74, 6) is 1.28. The lowest BCUT2D eigenvalue weighted by atomic mass is 10.1. The summed E-state index contributed by atoms with van der Waals surface area (Å²) < 4.78 is 5.87. The number of aromatic nitrogens is 2. The van der Waals surface area contributed by atoms with Gasteiger partial charge in [-0.2, -0.15) is 0 Å². The number of fused-ring (bicyclic) bond motifs is 1. The number of carbonyl (C=O) groups excluding carboxylic acids is 2. The lowest BCUT2D eigenvalue weighted by Crippen LogP contribution is -2.43. The fourth-order valence-corrected chi connectivity index (χ4v) is 3.27. The Bertz CT molecular complexity index is 1040. The number of benzene rings is 1. The van der Waals surface area contributed by atoms with Crippen LogP contribution < -0.4 is 10.2 Å². The highest BCUT2D eigenvalue weighted by molar-refractivity contribution is 6.09. The number of rotatable bonds is 4. The minimum Gasteiger partial charge on any atom is -0.440 e. The van der Waals surface area contributed by atoms with Crippen molar-refractivity contribution in [1.82, 2.24) is 9.97 Å². The van der Waals surface area contributed by atoms with Gasteiger partial charge in [0.1, 0.15) is 6.54 Å². The maximum atomic E-state index is 12.8. The Morgan fingerprint density at radius 3 is 2.79 bits per heavy atom. The molecule has 1 aromatic carbocycles.